The molecule has 0 radical (unpaired) electrons. The number of hydrogen-bond donors (Lipinski definition) is 2. The van der Waals surface area contributed by atoms with Crippen LogP contribution >= 0.6 is 0 Å². The average Bonchev–Trinajstić information content (AvgIpc) is 2.75. The average molecular weight is 517 g/mol. The third-order valence-corrected chi connectivity index (χ3v) is 5.49. The van der Waals surface area contributed by atoms with Gasteiger partial charge in [-0.1, -0.05) is 0 Å². The Morgan fingerprint density at radius 2 is 0.972 bits per heavy atom. The predicted octanol–water partition coefficient (Wildman–Crippen LogP) is 1.77. The molecular weight excluding hydrogens is 472 g/mol. The minimum atomic E-state index is -0.645. The molecule has 2 aliphatic heterocycles. The molecule has 0 aromatic rings. The number of nitrogens with two attached hydrogens (primary N) is 2. The van der Waals surface area contributed by atoms with Crippen LogP contribution in [0.5, 0.6) is 0 Å². The Hall–Kier alpha value is -2.60. The summed E-state index contributed by atoms with van der Waals surface area (Å²) < 4.78 is 20.0. The quantitative estimate of drug-likeness (QED) is 0.408. The Labute approximate surface area is 213 Å². The first-order valence-corrected chi connectivity index (χ1v) is 12.1. The second kappa shape index (κ2) is 13.1. The van der Waals surface area contributed by atoms with Crippen molar-refractivity contribution in [1.29, 1.82) is 0 Å². The highest BCUT2D eigenvalue weighted by Crippen LogP contribution is 2.22. The van der Waals surface area contributed by atoms with Crippen LogP contribution in [0.25, 0.3) is 0 Å². The van der Waals surface area contributed by atoms with Gasteiger partial charge in [0, 0.05) is 25.2 Å². The van der Waals surface area contributed by atoms with Crippen LogP contribution in [0, 0.1) is 0 Å². The molecule has 2 aliphatic rings. The standard InChI is InChI=1S/2C12H22N2O4/c2*1-12(2,3)18-11(16)14-6-5-8(13)7-9(14)10(15)17-4/h2*8-9H,5-7,13H2,1-4H3/t2*8-,9-/m10/s1. The van der Waals surface area contributed by atoms with Crippen molar-refractivity contribution < 1.29 is 38.1 Å². The molecule has 0 aromatic heterocycles. The van der Waals surface area contributed by atoms with Crippen LogP contribution in [0.15, 0.2) is 0 Å². The lowest BCUT2D eigenvalue weighted by molar-refractivity contribution is -0.148. The van der Waals surface area contributed by atoms with Crippen LogP contribution in [0.4, 0.5) is 9.59 Å². The van der Waals surface area contributed by atoms with Crippen molar-refractivity contribution in [2.24, 2.45) is 11.5 Å². The number of piperidine rings is 2. The number of methoxy groups -OCH3 is 2. The van der Waals surface area contributed by atoms with Crippen molar-refractivity contribution in [2.75, 3.05) is 27.3 Å². The number of ether oxygens (including phenoxy) is 4. The van der Waals surface area contributed by atoms with Gasteiger partial charge < -0.3 is 30.4 Å². The zero-order chi connectivity index (χ0) is 27.8. The number of rotatable bonds is 2. The first-order chi connectivity index (χ1) is 16.5. The Kier molecular flexibility index (Phi) is 11.4. The Morgan fingerprint density at radius 3 is 1.22 bits per heavy atom. The molecule has 0 saturated carbocycles. The van der Waals surface area contributed by atoms with Gasteiger partial charge in [0.25, 0.3) is 0 Å². The van der Waals surface area contributed by atoms with Crippen molar-refractivity contribution >= 4 is 24.1 Å². The minimum absolute atomic E-state index is 0.0900. The highest BCUT2D eigenvalue weighted by molar-refractivity contribution is 5.82. The summed E-state index contributed by atoms with van der Waals surface area (Å²) in [5, 5.41) is 0. The summed E-state index contributed by atoms with van der Waals surface area (Å²) >= 11 is 0. The van der Waals surface area contributed by atoms with E-state index < -0.39 is 47.4 Å². The van der Waals surface area contributed by atoms with Gasteiger partial charge in [-0.15, -0.1) is 0 Å². The van der Waals surface area contributed by atoms with Gasteiger partial charge in [-0.05, 0) is 67.2 Å². The summed E-state index contributed by atoms with van der Waals surface area (Å²) in [4.78, 5) is 50.2. The van der Waals surface area contributed by atoms with E-state index in [1.54, 1.807) is 41.5 Å². The van der Waals surface area contributed by atoms with E-state index >= 15 is 0 Å². The number of carbonyl (C=O) groups excluding carboxylic acids is 4. The van der Waals surface area contributed by atoms with E-state index in [4.69, 9.17) is 30.4 Å². The molecule has 4 atom stereocenters. The first kappa shape index (κ1) is 31.4. The van der Waals surface area contributed by atoms with Gasteiger partial charge in [-0.2, -0.15) is 0 Å². The van der Waals surface area contributed by atoms with Crippen LogP contribution in [0.1, 0.15) is 67.2 Å². The largest absolute Gasteiger partial charge is 0.467 e. The van der Waals surface area contributed by atoms with Gasteiger partial charge in [0.15, 0.2) is 0 Å². The molecular formula is C24H44N4O8. The molecule has 2 heterocycles. The second-order valence-electron chi connectivity index (χ2n) is 11.0. The first-order valence-electron chi connectivity index (χ1n) is 12.1. The van der Waals surface area contributed by atoms with Gasteiger partial charge >= 0.3 is 24.1 Å². The highest BCUT2D eigenvalue weighted by atomic mass is 16.6. The van der Waals surface area contributed by atoms with E-state index in [-0.39, 0.29) is 12.1 Å². The molecule has 4 N–H and O–H groups in total. The Morgan fingerprint density at radius 1 is 0.667 bits per heavy atom. The van der Waals surface area contributed by atoms with Gasteiger partial charge in [-0.25, -0.2) is 19.2 Å². The van der Waals surface area contributed by atoms with Gasteiger partial charge in [0.2, 0.25) is 0 Å². The van der Waals surface area contributed by atoms with Gasteiger partial charge in [0.05, 0.1) is 14.2 Å². The summed E-state index contributed by atoms with van der Waals surface area (Å²) in [6.07, 6.45) is 1.15. The van der Waals surface area contributed by atoms with Crippen LogP contribution in [-0.4, -0.2) is 96.6 Å². The molecule has 0 spiro atoms. The fourth-order valence-corrected chi connectivity index (χ4v) is 3.78. The van der Waals surface area contributed by atoms with Crippen molar-refractivity contribution in [1.82, 2.24) is 9.80 Å². The number of esters is 2. The number of carbonyl (C=O) groups is 4. The Balaban J connectivity index is 0.000000360. The fourth-order valence-electron chi connectivity index (χ4n) is 3.78. The number of likely N-dealkylation sites (tertiary alicyclic amines) is 2. The van der Waals surface area contributed by atoms with E-state index in [0.717, 1.165) is 0 Å². The zero-order valence-electron chi connectivity index (χ0n) is 22.9. The molecule has 208 valence electrons. The van der Waals surface area contributed by atoms with Crippen LogP contribution < -0.4 is 11.5 Å². The molecule has 2 rings (SSSR count). The summed E-state index contributed by atoms with van der Waals surface area (Å²) in [6, 6.07) is -1.47. The highest BCUT2D eigenvalue weighted by Gasteiger charge is 2.39. The molecule has 0 bridgehead atoms. The Bertz CT molecular complexity index is 713. The molecule has 12 nitrogen and oxygen atoms in total. The van der Waals surface area contributed by atoms with Crippen molar-refractivity contribution in [3.8, 4) is 0 Å². The van der Waals surface area contributed by atoms with Gasteiger partial charge in [0.1, 0.15) is 23.3 Å². The maximum atomic E-state index is 12.0. The number of amides is 2. The SMILES string of the molecule is COC(=O)[C@@H]1C[C@@H](N)CCN1C(=O)OC(C)(C)C.COC(=O)[C@H]1C[C@H](N)CCN1C(=O)OC(C)(C)C. The normalized spacial score (nSPS) is 24.6. The maximum Gasteiger partial charge on any atom is 0.411 e. The molecule has 2 fully saturated rings. The monoisotopic (exact) mass is 516 g/mol. The summed E-state index contributed by atoms with van der Waals surface area (Å²) in [6.45, 7) is 11.5. The summed E-state index contributed by atoms with van der Waals surface area (Å²) in [5.41, 5.74) is 10.5. The van der Waals surface area contributed by atoms with Crippen LogP contribution in [0.3, 0.4) is 0 Å². The van der Waals surface area contributed by atoms with E-state index in [9.17, 15) is 19.2 Å². The third kappa shape index (κ3) is 10.2. The van der Waals surface area contributed by atoms with E-state index in [0.29, 0.717) is 38.8 Å². The molecule has 0 aromatic carbocycles. The van der Waals surface area contributed by atoms with E-state index in [1.165, 1.54) is 24.0 Å². The maximum absolute atomic E-state index is 12.0. The van der Waals surface area contributed by atoms with E-state index in [2.05, 4.69) is 0 Å². The molecule has 0 unspecified atom stereocenters. The zero-order valence-corrected chi connectivity index (χ0v) is 22.9. The summed E-state index contributed by atoms with van der Waals surface area (Å²) in [7, 11) is 2.60. The van der Waals surface area contributed by atoms with Gasteiger partial charge in [-0.3, -0.25) is 9.80 Å². The summed E-state index contributed by atoms with van der Waals surface area (Å²) in [5.74, 6) is -0.896. The van der Waals surface area contributed by atoms with Crippen molar-refractivity contribution in [2.45, 2.75) is 103 Å². The topological polar surface area (TPSA) is 164 Å². The lowest BCUT2D eigenvalue weighted by Gasteiger charge is -2.37. The lowest BCUT2D eigenvalue weighted by atomic mass is 9.98. The van der Waals surface area contributed by atoms with Crippen LogP contribution in [-0.2, 0) is 28.5 Å². The lowest BCUT2D eigenvalue weighted by Crippen LogP contribution is -2.54. The molecule has 36 heavy (non-hydrogen) atoms. The smallest absolute Gasteiger partial charge is 0.411 e. The van der Waals surface area contributed by atoms with Crippen molar-refractivity contribution in [3.63, 3.8) is 0 Å². The van der Waals surface area contributed by atoms with E-state index in [1.807, 2.05) is 0 Å². The second-order valence-corrected chi connectivity index (χ2v) is 11.0. The predicted molar refractivity (Wildman–Crippen MR) is 132 cm³/mol. The van der Waals surface area contributed by atoms with Crippen molar-refractivity contribution in [3.05, 3.63) is 0 Å². The molecule has 0 aliphatic carbocycles. The molecule has 2 amide bonds. The number of nitrogens with zero attached hydrogens (tertiary/aromatic N) is 2. The van der Waals surface area contributed by atoms with Crippen LogP contribution in [0.2, 0.25) is 0 Å². The molecule has 12 heteroatoms. The fraction of sp³-hybridized carbons (Fsp3) is 0.833. The minimum Gasteiger partial charge on any atom is -0.467 e. The third-order valence-electron chi connectivity index (χ3n) is 5.49. The number of hydrogen-bond acceptors (Lipinski definition) is 10. The molecule has 2 saturated heterocycles.